The first-order valence-corrected chi connectivity index (χ1v) is 9.21. The highest BCUT2D eigenvalue weighted by atomic mass is 32.2. The summed E-state index contributed by atoms with van der Waals surface area (Å²) < 4.78 is 123. The molecule has 1 rings (SSSR count). The summed E-state index contributed by atoms with van der Waals surface area (Å²) in [4.78, 5) is -1.54. The Bertz CT molecular complexity index is 840. The summed E-state index contributed by atoms with van der Waals surface area (Å²) in [5.41, 5.74) is -12.7. The van der Waals surface area contributed by atoms with Gasteiger partial charge in [-0.25, -0.2) is 16.8 Å². The molecule has 1 heterocycles. The minimum absolute atomic E-state index is 0.163. The highest BCUT2D eigenvalue weighted by molar-refractivity contribution is 7.93. The van der Waals surface area contributed by atoms with Crippen LogP contribution in [0.5, 0.6) is 0 Å². The average molecular weight is 400 g/mol. The van der Waals surface area contributed by atoms with E-state index in [1.54, 1.807) is 0 Å². The van der Waals surface area contributed by atoms with Gasteiger partial charge in [-0.1, -0.05) is 6.92 Å². The van der Waals surface area contributed by atoms with Crippen LogP contribution in [0.2, 0.25) is 0 Å². The fourth-order valence-electron chi connectivity index (χ4n) is 1.97. The molecule has 0 aromatic carbocycles. The zero-order valence-corrected chi connectivity index (χ0v) is 13.9. The van der Waals surface area contributed by atoms with E-state index >= 15 is 0 Å². The monoisotopic (exact) mass is 400 g/mol. The minimum atomic E-state index is -6.06. The summed E-state index contributed by atoms with van der Waals surface area (Å²) in [6.45, 7) is 1.81. The van der Waals surface area contributed by atoms with E-state index in [4.69, 9.17) is 0 Å². The van der Waals surface area contributed by atoms with Gasteiger partial charge in [-0.3, -0.25) is 0 Å². The number of alkyl halides is 6. The normalized spacial score (nSPS) is 14.0. The van der Waals surface area contributed by atoms with Crippen LogP contribution < -0.4 is 4.57 Å². The largest absolute Gasteiger partial charge is 0.507 e. The summed E-state index contributed by atoms with van der Waals surface area (Å²) in [5, 5.41) is -1.53. The molecule has 0 radical (unpaired) electrons. The number of sulfone groups is 2. The summed E-state index contributed by atoms with van der Waals surface area (Å²) >= 11 is 0. The van der Waals surface area contributed by atoms with Crippen molar-refractivity contribution in [2.45, 2.75) is 47.8 Å². The van der Waals surface area contributed by atoms with E-state index < -0.39 is 46.2 Å². The molecule has 24 heavy (non-hydrogen) atoms. The Balaban J connectivity index is 3.92. The Morgan fingerprint density at radius 1 is 0.958 bits per heavy atom. The molecule has 0 amide bonds. The summed E-state index contributed by atoms with van der Waals surface area (Å²) in [5.74, 6) is 0. The van der Waals surface area contributed by atoms with Gasteiger partial charge in [0.15, 0.2) is 6.20 Å². The van der Waals surface area contributed by atoms with Gasteiger partial charge in [0.05, 0.1) is 10.5 Å². The molecule has 0 bridgehead atoms. The van der Waals surface area contributed by atoms with E-state index in [-0.39, 0.29) is 13.0 Å². The molecular weight excluding hydrogens is 388 g/mol. The molecule has 0 aliphatic heterocycles. The molecule has 0 fully saturated rings. The van der Waals surface area contributed by atoms with Crippen LogP contribution in [0.1, 0.15) is 18.9 Å². The van der Waals surface area contributed by atoms with Crippen LogP contribution in [0.15, 0.2) is 22.2 Å². The lowest BCUT2D eigenvalue weighted by Crippen LogP contribution is -2.44. The van der Waals surface area contributed by atoms with E-state index in [0.29, 0.717) is 23.8 Å². The summed E-state index contributed by atoms with van der Waals surface area (Å²) in [6.07, 6.45) is 0.740. The quantitative estimate of drug-likeness (QED) is 0.574. The molecule has 138 valence electrons. The molecule has 1 aromatic heterocycles. The van der Waals surface area contributed by atoms with E-state index in [2.05, 4.69) is 0 Å². The predicted molar refractivity (Wildman–Crippen MR) is 68.1 cm³/mol. The molecule has 0 aliphatic carbocycles. The Kier molecular flexibility index (Phi) is 5.31. The Morgan fingerprint density at radius 3 is 1.79 bits per heavy atom. The van der Waals surface area contributed by atoms with Gasteiger partial charge in [-0.15, -0.1) is 0 Å². The number of hydrogen-bond acceptors (Lipinski definition) is 4. The topological polar surface area (TPSA) is 72.2 Å². The third-order valence-electron chi connectivity index (χ3n) is 2.98. The fourth-order valence-corrected chi connectivity index (χ4v) is 4.22. The molecule has 1 aromatic rings. The number of hydrogen-bond donors (Lipinski definition) is 0. The van der Waals surface area contributed by atoms with Crippen molar-refractivity contribution in [3.8, 4) is 0 Å². The predicted octanol–water partition coefficient (Wildman–Crippen LogP) is 2.28. The van der Waals surface area contributed by atoms with Gasteiger partial charge in [0, 0.05) is 12.5 Å². The maximum atomic E-state index is 12.8. The van der Waals surface area contributed by atoms with Crippen LogP contribution in [0.4, 0.5) is 26.3 Å². The second kappa shape index (κ2) is 6.17. The average Bonchev–Trinajstić information content (AvgIpc) is 2.35. The van der Waals surface area contributed by atoms with Crippen LogP contribution >= 0.6 is 0 Å². The van der Waals surface area contributed by atoms with Crippen LogP contribution in [0, 0.1) is 6.92 Å². The standard InChI is InChI=1S/C11H12F6NO4S2/c1-3-5-18-6-4-8(23(19,20)10(12,13)14)7(2)9(18)24(21,22)11(15,16)17/h4,6H,3,5H2,1-2H3/q+1. The first-order chi connectivity index (χ1) is 10.6. The number of pyridine rings is 1. The lowest BCUT2D eigenvalue weighted by atomic mass is 10.3. The highest BCUT2D eigenvalue weighted by Gasteiger charge is 2.55. The van der Waals surface area contributed by atoms with E-state index in [9.17, 15) is 43.2 Å². The summed E-state index contributed by atoms with van der Waals surface area (Å²) in [6, 6.07) is 0.434. The zero-order chi connectivity index (χ0) is 19.1. The van der Waals surface area contributed by atoms with Crippen LogP contribution in [0.3, 0.4) is 0 Å². The third-order valence-corrected chi connectivity index (χ3v) is 6.27. The van der Waals surface area contributed by atoms with Crippen molar-refractivity contribution in [1.29, 1.82) is 0 Å². The van der Waals surface area contributed by atoms with Crippen molar-refractivity contribution < 1.29 is 47.7 Å². The number of aryl methyl sites for hydroxylation is 1. The van der Waals surface area contributed by atoms with Crippen molar-refractivity contribution in [2.24, 2.45) is 0 Å². The number of aromatic nitrogens is 1. The van der Waals surface area contributed by atoms with Crippen molar-refractivity contribution in [3.63, 3.8) is 0 Å². The van der Waals surface area contributed by atoms with Crippen molar-refractivity contribution in [2.75, 3.05) is 0 Å². The highest BCUT2D eigenvalue weighted by Crippen LogP contribution is 2.36. The van der Waals surface area contributed by atoms with Crippen molar-refractivity contribution in [3.05, 3.63) is 17.8 Å². The first-order valence-electron chi connectivity index (χ1n) is 6.24. The number of rotatable bonds is 4. The van der Waals surface area contributed by atoms with Gasteiger partial charge in [-0.05, 0) is 6.92 Å². The number of halogens is 6. The van der Waals surface area contributed by atoms with Gasteiger partial charge in [0.1, 0.15) is 6.54 Å². The Hall–Kier alpha value is -1.37. The Labute approximate surface area is 133 Å². The Morgan fingerprint density at radius 2 is 1.42 bits per heavy atom. The lowest BCUT2D eigenvalue weighted by Gasteiger charge is -2.14. The van der Waals surface area contributed by atoms with Gasteiger partial charge in [-0.2, -0.15) is 30.9 Å². The molecule has 0 unspecified atom stereocenters. The maximum Gasteiger partial charge on any atom is 0.507 e. The van der Waals surface area contributed by atoms with Crippen molar-refractivity contribution >= 4 is 19.7 Å². The molecule has 0 aliphatic rings. The van der Waals surface area contributed by atoms with Gasteiger partial charge >= 0.3 is 25.9 Å². The molecule has 0 N–H and O–H groups in total. The minimum Gasteiger partial charge on any atom is -0.214 e. The molecule has 0 atom stereocenters. The van der Waals surface area contributed by atoms with Gasteiger partial charge in [0.2, 0.25) is 0 Å². The lowest BCUT2D eigenvalue weighted by molar-refractivity contribution is -0.734. The van der Waals surface area contributed by atoms with E-state index in [1.165, 1.54) is 6.92 Å². The molecule has 5 nitrogen and oxygen atoms in total. The number of nitrogens with zero attached hydrogens (tertiary/aromatic N) is 1. The van der Waals surface area contributed by atoms with Crippen molar-refractivity contribution in [1.82, 2.24) is 0 Å². The van der Waals surface area contributed by atoms with Gasteiger partial charge in [0.25, 0.3) is 9.84 Å². The van der Waals surface area contributed by atoms with Gasteiger partial charge < -0.3 is 0 Å². The van der Waals surface area contributed by atoms with Crippen LogP contribution in [-0.2, 0) is 26.2 Å². The molecular formula is C11H12F6NO4S2+. The fraction of sp³-hybridized carbons (Fsp3) is 0.545. The second-order valence-electron chi connectivity index (χ2n) is 4.70. The van der Waals surface area contributed by atoms with Crippen LogP contribution in [0.25, 0.3) is 0 Å². The van der Waals surface area contributed by atoms with E-state index in [1.807, 2.05) is 0 Å². The first kappa shape index (κ1) is 20.7. The van der Waals surface area contributed by atoms with Crippen LogP contribution in [-0.4, -0.2) is 27.9 Å². The molecule has 0 saturated carbocycles. The second-order valence-corrected chi connectivity index (χ2v) is 8.47. The zero-order valence-electron chi connectivity index (χ0n) is 12.2. The SMILES string of the molecule is CCC[n+]1ccc(S(=O)(=O)C(F)(F)F)c(C)c1S(=O)(=O)C(F)(F)F. The maximum absolute atomic E-state index is 12.8. The molecule has 13 heteroatoms. The van der Waals surface area contributed by atoms with E-state index in [0.717, 1.165) is 0 Å². The molecule has 0 spiro atoms. The summed E-state index contributed by atoms with van der Waals surface area (Å²) in [7, 11) is -12.1. The smallest absolute Gasteiger partial charge is 0.214 e. The molecule has 0 saturated heterocycles. The third kappa shape index (κ3) is 3.36.